The highest BCUT2D eigenvalue weighted by molar-refractivity contribution is 5.94. The summed E-state index contributed by atoms with van der Waals surface area (Å²) in [4.78, 5) is 29.4. The van der Waals surface area contributed by atoms with Gasteiger partial charge >= 0.3 is 0 Å². The normalized spacial score (nSPS) is 19.7. The molecule has 1 aromatic carbocycles. The third kappa shape index (κ3) is 4.75. The molecule has 0 spiro atoms. The lowest BCUT2D eigenvalue weighted by atomic mass is 9.95. The first-order valence-electron chi connectivity index (χ1n) is 9.77. The van der Waals surface area contributed by atoms with Gasteiger partial charge in [0.15, 0.2) is 0 Å². The summed E-state index contributed by atoms with van der Waals surface area (Å²) in [6, 6.07) is 5.53. The molecule has 0 radical (unpaired) electrons. The summed E-state index contributed by atoms with van der Waals surface area (Å²) < 4.78 is 13.1. The van der Waals surface area contributed by atoms with Crippen molar-refractivity contribution < 1.29 is 14.0 Å². The molecule has 27 heavy (non-hydrogen) atoms. The van der Waals surface area contributed by atoms with Gasteiger partial charge in [-0.25, -0.2) is 4.39 Å². The van der Waals surface area contributed by atoms with Crippen molar-refractivity contribution in [1.29, 1.82) is 0 Å². The first kappa shape index (κ1) is 19.5. The second kappa shape index (κ2) is 9.13. The molecule has 1 saturated heterocycles. The summed E-state index contributed by atoms with van der Waals surface area (Å²) in [6.07, 6.45) is 6.22. The van der Waals surface area contributed by atoms with E-state index in [4.69, 9.17) is 0 Å². The van der Waals surface area contributed by atoms with E-state index in [1.54, 1.807) is 11.0 Å². The van der Waals surface area contributed by atoms with Crippen LogP contribution in [-0.2, 0) is 4.79 Å². The van der Waals surface area contributed by atoms with Gasteiger partial charge in [-0.1, -0.05) is 18.9 Å². The first-order chi connectivity index (χ1) is 13.1. The molecular weight excluding hydrogens is 345 g/mol. The molecular formula is C21H28FN3O2. The lowest BCUT2D eigenvalue weighted by molar-refractivity contribution is -0.129. The fraction of sp³-hybridized carbons (Fsp3) is 0.524. The Morgan fingerprint density at radius 1 is 1.15 bits per heavy atom. The summed E-state index contributed by atoms with van der Waals surface area (Å²) in [6.45, 7) is 6.65. The molecule has 2 amide bonds. The van der Waals surface area contributed by atoms with Crippen molar-refractivity contribution in [1.82, 2.24) is 15.1 Å². The molecule has 1 aliphatic carbocycles. The Balaban J connectivity index is 1.62. The Kier molecular flexibility index (Phi) is 6.61. The van der Waals surface area contributed by atoms with E-state index in [-0.39, 0.29) is 23.7 Å². The van der Waals surface area contributed by atoms with E-state index in [0.29, 0.717) is 44.2 Å². The fourth-order valence-corrected chi connectivity index (χ4v) is 4.21. The predicted molar refractivity (Wildman–Crippen MR) is 103 cm³/mol. The van der Waals surface area contributed by atoms with Crippen LogP contribution in [0.15, 0.2) is 36.9 Å². The van der Waals surface area contributed by atoms with Crippen molar-refractivity contribution in [3.8, 4) is 0 Å². The molecule has 1 atom stereocenters. The van der Waals surface area contributed by atoms with Crippen LogP contribution in [0.2, 0.25) is 0 Å². The Bertz CT molecular complexity index is 663. The highest BCUT2D eigenvalue weighted by Gasteiger charge is 2.37. The average Bonchev–Trinajstić information content (AvgIpc) is 3.21. The van der Waals surface area contributed by atoms with Crippen LogP contribution in [0.3, 0.4) is 0 Å². The zero-order chi connectivity index (χ0) is 19.2. The molecule has 0 aromatic heterocycles. The van der Waals surface area contributed by atoms with Gasteiger partial charge in [0, 0.05) is 38.3 Å². The highest BCUT2D eigenvalue weighted by atomic mass is 19.1. The average molecular weight is 373 g/mol. The van der Waals surface area contributed by atoms with Crippen molar-refractivity contribution >= 4 is 11.8 Å². The Hall–Kier alpha value is -2.21. The van der Waals surface area contributed by atoms with Gasteiger partial charge in [0.2, 0.25) is 5.91 Å². The van der Waals surface area contributed by atoms with E-state index in [0.717, 1.165) is 12.8 Å². The van der Waals surface area contributed by atoms with Crippen molar-refractivity contribution in [2.24, 2.45) is 5.92 Å². The molecule has 1 aliphatic heterocycles. The number of hydrogen-bond donors (Lipinski definition) is 1. The molecule has 146 valence electrons. The van der Waals surface area contributed by atoms with Crippen LogP contribution in [0.25, 0.3) is 0 Å². The Morgan fingerprint density at radius 2 is 1.78 bits per heavy atom. The van der Waals surface area contributed by atoms with Gasteiger partial charge in [0.05, 0.1) is 6.04 Å². The van der Waals surface area contributed by atoms with Gasteiger partial charge in [-0.2, -0.15) is 0 Å². The number of amides is 2. The van der Waals surface area contributed by atoms with Gasteiger partial charge in [-0.15, -0.1) is 6.58 Å². The van der Waals surface area contributed by atoms with Gasteiger partial charge in [0.25, 0.3) is 5.91 Å². The van der Waals surface area contributed by atoms with Crippen LogP contribution in [0.1, 0.15) is 36.0 Å². The number of rotatable bonds is 6. The molecule has 1 heterocycles. The zero-order valence-electron chi connectivity index (χ0n) is 15.7. The maximum absolute atomic E-state index is 13.1. The van der Waals surface area contributed by atoms with Gasteiger partial charge < -0.3 is 10.2 Å². The van der Waals surface area contributed by atoms with E-state index in [1.807, 2.05) is 0 Å². The summed E-state index contributed by atoms with van der Waals surface area (Å²) in [5, 5.41) is 2.96. The summed E-state index contributed by atoms with van der Waals surface area (Å²) in [5.74, 6) is 0.0266. The van der Waals surface area contributed by atoms with Gasteiger partial charge in [0.1, 0.15) is 5.82 Å². The quantitative estimate of drug-likeness (QED) is 0.780. The molecule has 1 N–H and O–H groups in total. The molecule has 3 rings (SSSR count). The number of carbonyl (C=O) groups excluding carboxylic acids is 2. The molecule has 5 nitrogen and oxygen atoms in total. The van der Waals surface area contributed by atoms with E-state index in [1.165, 1.54) is 37.1 Å². The molecule has 1 saturated carbocycles. The maximum Gasteiger partial charge on any atom is 0.253 e. The minimum absolute atomic E-state index is 0.0695. The van der Waals surface area contributed by atoms with Crippen LogP contribution in [0, 0.1) is 11.7 Å². The Labute approximate surface area is 160 Å². The third-order valence-corrected chi connectivity index (χ3v) is 5.62. The molecule has 2 fully saturated rings. The number of benzene rings is 1. The second-order valence-corrected chi connectivity index (χ2v) is 7.36. The minimum Gasteiger partial charge on any atom is -0.351 e. The molecule has 6 heteroatoms. The highest BCUT2D eigenvalue weighted by Crippen LogP contribution is 2.31. The number of halogens is 1. The molecule has 0 bridgehead atoms. The summed E-state index contributed by atoms with van der Waals surface area (Å²) in [7, 11) is 0. The summed E-state index contributed by atoms with van der Waals surface area (Å²) in [5.41, 5.74) is 0.501. The van der Waals surface area contributed by atoms with Crippen molar-refractivity contribution in [2.75, 3.05) is 32.7 Å². The third-order valence-electron chi connectivity index (χ3n) is 5.62. The smallest absolute Gasteiger partial charge is 0.253 e. The summed E-state index contributed by atoms with van der Waals surface area (Å²) >= 11 is 0. The van der Waals surface area contributed by atoms with E-state index in [2.05, 4.69) is 16.8 Å². The van der Waals surface area contributed by atoms with E-state index in [9.17, 15) is 14.0 Å². The molecule has 1 aromatic rings. The fourth-order valence-electron chi connectivity index (χ4n) is 4.21. The van der Waals surface area contributed by atoms with Gasteiger partial charge in [-0.3, -0.25) is 14.5 Å². The monoisotopic (exact) mass is 373 g/mol. The lowest BCUT2D eigenvalue weighted by Crippen LogP contribution is -2.58. The van der Waals surface area contributed by atoms with Crippen LogP contribution >= 0.6 is 0 Å². The number of hydrogen-bond acceptors (Lipinski definition) is 3. The topological polar surface area (TPSA) is 52.7 Å². The van der Waals surface area contributed by atoms with Crippen molar-refractivity contribution in [3.05, 3.63) is 48.3 Å². The van der Waals surface area contributed by atoms with Crippen LogP contribution in [0.5, 0.6) is 0 Å². The lowest BCUT2D eigenvalue weighted by Gasteiger charge is -2.40. The number of carbonyl (C=O) groups is 2. The standard InChI is InChI=1S/C21H28FN3O2/c1-2-11-23-20(26)19(16-5-3-4-6-16)24-12-14-25(15-13-24)21(27)17-7-9-18(22)10-8-17/h2,7-10,16,19H,1,3-6,11-15H2,(H,23,26)/t19-/m1/s1. The SMILES string of the molecule is C=CCNC(=O)[C@@H](C1CCCC1)N1CCN(C(=O)c2ccc(F)cc2)CC1. The van der Waals surface area contributed by atoms with Crippen LogP contribution < -0.4 is 5.32 Å². The van der Waals surface area contributed by atoms with Crippen LogP contribution in [0.4, 0.5) is 4.39 Å². The number of piperazine rings is 1. The predicted octanol–water partition coefficient (Wildman–Crippen LogP) is 2.44. The minimum atomic E-state index is -0.346. The number of nitrogens with zero attached hydrogens (tertiary/aromatic N) is 2. The van der Waals surface area contributed by atoms with Crippen molar-refractivity contribution in [3.63, 3.8) is 0 Å². The maximum atomic E-state index is 13.1. The largest absolute Gasteiger partial charge is 0.351 e. The van der Waals surface area contributed by atoms with Gasteiger partial charge in [-0.05, 0) is 43.0 Å². The molecule has 2 aliphatic rings. The van der Waals surface area contributed by atoms with Crippen LogP contribution in [-0.4, -0.2) is 60.4 Å². The van der Waals surface area contributed by atoms with Crippen molar-refractivity contribution in [2.45, 2.75) is 31.7 Å². The zero-order valence-corrected chi connectivity index (χ0v) is 15.7. The first-order valence-corrected chi connectivity index (χ1v) is 9.77. The molecule has 0 unspecified atom stereocenters. The van der Waals surface area contributed by atoms with E-state index >= 15 is 0 Å². The second-order valence-electron chi connectivity index (χ2n) is 7.36. The Morgan fingerprint density at radius 3 is 2.37 bits per heavy atom. The number of nitrogens with one attached hydrogen (secondary N) is 1. The van der Waals surface area contributed by atoms with E-state index < -0.39 is 0 Å².